The highest BCUT2D eigenvalue weighted by atomic mass is 19.3. The van der Waals surface area contributed by atoms with E-state index < -0.39 is 36.1 Å². The predicted molar refractivity (Wildman–Crippen MR) is 62.9 cm³/mol. The summed E-state index contributed by atoms with van der Waals surface area (Å²) in [5.41, 5.74) is -0.700. The van der Waals surface area contributed by atoms with Crippen molar-refractivity contribution in [3.8, 4) is 0 Å². The molecule has 1 fully saturated rings. The quantitative estimate of drug-likeness (QED) is 0.690. The highest BCUT2D eigenvalue weighted by molar-refractivity contribution is 5.69. The van der Waals surface area contributed by atoms with E-state index in [4.69, 9.17) is 4.74 Å². The van der Waals surface area contributed by atoms with Crippen molar-refractivity contribution in [2.24, 2.45) is 0 Å². The number of ether oxygens (including phenoxy) is 2. The Morgan fingerprint density at radius 2 is 1.89 bits per heavy atom. The van der Waals surface area contributed by atoms with Crippen LogP contribution in [0.1, 0.15) is 34.1 Å². The van der Waals surface area contributed by atoms with Gasteiger partial charge in [-0.1, -0.05) is 0 Å². The second-order valence-electron chi connectivity index (χ2n) is 5.54. The van der Waals surface area contributed by atoms with Gasteiger partial charge in [-0.25, -0.2) is 13.6 Å². The molecule has 0 spiro atoms. The van der Waals surface area contributed by atoms with Gasteiger partial charge < -0.3 is 14.4 Å². The highest BCUT2D eigenvalue weighted by Crippen LogP contribution is 2.31. The Labute approximate surface area is 110 Å². The van der Waals surface area contributed by atoms with Crippen LogP contribution in [0.25, 0.3) is 0 Å². The van der Waals surface area contributed by atoms with Crippen molar-refractivity contribution in [2.45, 2.75) is 51.7 Å². The number of carbonyl (C=O) groups excluding carboxylic acids is 2. The second-order valence-corrected chi connectivity index (χ2v) is 5.54. The molecule has 1 atom stereocenters. The fraction of sp³-hybridized carbons (Fsp3) is 0.833. The molecule has 110 valence electrons. The van der Waals surface area contributed by atoms with Gasteiger partial charge in [0.1, 0.15) is 5.60 Å². The van der Waals surface area contributed by atoms with E-state index in [0.29, 0.717) is 0 Å². The molecule has 0 aromatic heterocycles. The molecule has 1 aliphatic heterocycles. The first-order chi connectivity index (χ1) is 8.51. The smallest absolute Gasteiger partial charge is 0.410 e. The lowest BCUT2D eigenvalue weighted by Crippen LogP contribution is -2.54. The number of rotatable bonds is 1. The molecule has 0 aliphatic carbocycles. The Balaban J connectivity index is 2.70. The number of carbonyl (C=O) groups is 2. The van der Waals surface area contributed by atoms with E-state index in [1.54, 1.807) is 20.8 Å². The van der Waals surface area contributed by atoms with E-state index in [0.717, 1.165) is 11.8 Å². The molecule has 0 saturated carbocycles. The summed E-state index contributed by atoms with van der Waals surface area (Å²) in [6.45, 7) is 5.64. The van der Waals surface area contributed by atoms with Crippen LogP contribution in [-0.2, 0) is 14.3 Å². The minimum Gasteiger partial charge on any atom is -0.454 e. The molecule has 19 heavy (non-hydrogen) atoms. The van der Waals surface area contributed by atoms with Gasteiger partial charge in [-0.2, -0.15) is 0 Å². The molecule has 0 bridgehead atoms. The molecule has 0 radical (unpaired) electrons. The molecule has 1 amide bonds. The van der Waals surface area contributed by atoms with E-state index >= 15 is 0 Å². The van der Waals surface area contributed by atoms with E-state index in [1.165, 1.54) is 0 Å². The van der Waals surface area contributed by atoms with Crippen LogP contribution >= 0.6 is 0 Å². The van der Waals surface area contributed by atoms with Crippen LogP contribution < -0.4 is 0 Å². The van der Waals surface area contributed by atoms with E-state index in [1.807, 2.05) is 0 Å². The van der Waals surface area contributed by atoms with Gasteiger partial charge in [-0.05, 0) is 20.8 Å². The van der Waals surface area contributed by atoms with Crippen molar-refractivity contribution in [3.05, 3.63) is 0 Å². The van der Waals surface area contributed by atoms with E-state index in [9.17, 15) is 18.4 Å². The third-order valence-electron chi connectivity index (χ3n) is 2.53. The zero-order valence-corrected chi connectivity index (χ0v) is 11.5. The number of esters is 1. The Bertz CT molecular complexity index is 365. The summed E-state index contributed by atoms with van der Waals surface area (Å²) in [4.78, 5) is 23.7. The van der Waals surface area contributed by atoms with Gasteiger partial charge in [-0.15, -0.1) is 0 Å². The van der Waals surface area contributed by atoms with Crippen molar-refractivity contribution in [1.82, 2.24) is 4.90 Å². The molecule has 7 heteroatoms. The van der Waals surface area contributed by atoms with Crippen molar-refractivity contribution < 1.29 is 27.8 Å². The van der Waals surface area contributed by atoms with Gasteiger partial charge in [-0.3, -0.25) is 4.79 Å². The number of likely N-dealkylation sites (tertiary alicyclic amines) is 1. The van der Waals surface area contributed by atoms with Gasteiger partial charge in [0.2, 0.25) is 0 Å². The van der Waals surface area contributed by atoms with Crippen LogP contribution in [0.3, 0.4) is 0 Å². The molecule has 1 unspecified atom stereocenters. The first-order valence-electron chi connectivity index (χ1n) is 6.04. The molecule has 0 N–H and O–H groups in total. The molecule has 1 rings (SSSR count). The number of alkyl halides is 2. The van der Waals surface area contributed by atoms with Gasteiger partial charge in [0.25, 0.3) is 5.92 Å². The normalized spacial score (nSPS) is 22.8. The van der Waals surface area contributed by atoms with Crippen LogP contribution in [0.4, 0.5) is 13.6 Å². The molecule has 0 aromatic carbocycles. The van der Waals surface area contributed by atoms with Gasteiger partial charge in [0, 0.05) is 19.9 Å². The SMILES string of the molecule is CC(=O)OC1CN(C(=O)OC(C)(C)C)CCC1(F)F. The topological polar surface area (TPSA) is 55.8 Å². The summed E-state index contributed by atoms with van der Waals surface area (Å²) in [7, 11) is 0. The minimum absolute atomic E-state index is 0.125. The minimum atomic E-state index is -3.12. The molecular weight excluding hydrogens is 260 g/mol. The first-order valence-corrected chi connectivity index (χ1v) is 6.04. The molecule has 1 heterocycles. The average molecular weight is 279 g/mol. The zero-order chi connectivity index (χ0) is 14.8. The summed E-state index contributed by atoms with van der Waals surface area (Å²) in [5.74, 6) is -3.92. The predicted octanol–water partition coefficient (Wildman–Crippen LogP) is 2.19. The summed E-state index contributed by atoms with van der Waals surface area (Å²) < 4.78 is 36.8. The Morgan fingerprint density at radius 3 is 2.37 bits per heavy atom. The maximum absolute atomic E-state index is 13.5. The Kier molecular flexibility index (Phi) is 4.37. The fourth-order valence-corrected chi connectivity index (χ4v) is 1.69. The van der Waals surface area contributed by atoms with Crippen molar-refractivity contribution >= 4 is 12.1 Å². The van der Waals surface area contributed by atoms with Crippen LogP contribution in [0, 0.1) is 0 Å². The molecular formula is C12H19F2NO4. The van der Waals surface area contributed by atoms with Crippen molar-refractivity contribution in [2.75, 3.05) is 13.1 Å². The van der Waals surface area contributed by atoms with Crippen LogP contribution in [0.2, 0.25) is 0 Å². The summed E-state index contributed by atoms with van der Waals surface area (Å²) >= 11 is 0. The maximum Gasteiger partial charge on any atom is 0.410 e. The Morgan fingerprint density at radius 1 is 1.32 bits per heavy atom. The number of hydrogen-bond acceptors (Lipinski definition) is 4. The molecule has 1 aliphatic rings. The van der Waals surface area contributed by atoms with Crippen LogP contribution in [-0.4, -0.2) is 47.7 Å². The number of nitrogens with zero attached hydrogens (tertiary/aromatic N) is 1. The highest BCUT2D eigenvalue weighted by Gasteiger charge is 2.48. The lowest BCUT2D eigenvalue weighted by atomic mass is 10.0. The molecule has 0 aromatic rings. The summed E-state index contributed by atoms with van der Waals surface area (Å²) in [5, 5.41) is 0. The zero-order valence-electron chi connectivity index (χ0n) is 11.5. The van der Waals surface area contributed by atoms with Gasteiger partial charge in [0.15, 0.2) is 6.10 Å². The van der Waals surface area contributed by atoms with Crippen LogP contribution in [0.5, 0.6) is 0 Å². The van der Waals surface area contributed by atoms with Gasteiger partial charge in [0.05, 0.1) is 6.54 Å². The maximum atomic E-state index is 13.5. The molecule has 1 saturated heterocycles. The number of piperidine rings is 1. The van der Waals surface area contributed by atoms with Crippen molar-refractivity contribution in [3.63, 3.8) is 0 Å². The van der Waals surface area contributed by atoms with Crippen molar-refractivity contribution in [1.29, 1.82) is 0 Å². The largest absolute Gasteiger partial charge is 0.454 e. The number of amides is 1. The number of hydrogen-bond donors (Lipinski definition) is 0. The number of halogens is 2. The van der Waals surface area contributed by atoms with Crippen LogP contribution in [0.15, 0.2) is 0 Å². The second kappa shape index (κ2) is 5.30. The average Bonchev–Trinajstić information content (AvgIpc) is 2.17. The lowest BCUT2D eigenvalue weighted by Gasteiger charge is -2.37. The third kappa shape index (κ3) is 4.65. The van der Waals surface area contributed by atoms with Gasteiger partial charge >= 0.3 is 12.1 Å². The third-order valence-corrected chi connectivity index (χ3v) is 2.53. The lowest BCUT2D eigenvalue weighted by molar-refractivity contribution is -0.185. The Hall–Kier alpha value is -1.40. The van der Waals surface area contributed by atoms with E-state index in [-0.39, 0.29) is 13.1 Å². The fourth-order valence-electron chi connectivity index (χ4n) is 1.69. The monoisotopic (exact) mass is 279 g/mol. The standard InChI is InChI=1S/C12H19F2NO4/c1-8(16)18-9-7-15(6-5-12(9,13)14)10(17)19-11(2,3)4/h9H,5-7H2,1-4H3. The first kappa shape index (κ1) is 15.7. The van der Waals surface area contributed by atoms with E-state index in [2.05, 4.69) is 4.74 Å². The summed E-state index contributed by atoms with van der Waals surface area (Å²) in [6, 6.07) is 0. The summed E-state index contributed by atoms with van der Waals surface area (Å²) in [6.07, 6.45) is -2.85. The molecule has 5 nitrogen and oxygen atoms in total.